The Morgan fingerprint density at radius 2 is 2.40 bits per heavy atom. The van der Waals surface area contributed by atoms with Gasteiger partial charge in [0.05, 0.1) is 6.33 Å². The maximum absolute atomic E-state index is 11.2. The van der Waals surface area contributed by atoms with Crippen molar-refractivity contribution in [3.63, 3.8) is 0 Å². The van der Waals surface area contributed by atoms with Crippen LogP contribution in [-0.2, 0) is 4.74 Å². The molecule has 3 heterocycles. The van der Waals surface area contributed by atoms with Gasteiger partial charge in [0, 0.05) is 18.5 Å². The lowest BCUT2D eigenvalue weighted by atomic mass is 10.3. The van der Waals surface area contributed by atoms with E-state index in [0.717, 1.165) is 0 Å². The fourth-order valence-electron chi connectivity index (χ4n) is 1.98. The molecule has 0 bridgehead atoms. The molecule has 1 aliphatic heterocycles. The van der Waals surface area contributed by atoms with E-state index < -0.39 is 6.23 Å². The van der Waals surface area contributed by atoms with E-state index in [-0.39, 0.29) is 23.7 Å². The fourth-order valence-corrected chi connectivity index (χ4v) is 1.98. The molecule has 4 N–H and O–H groups in total. The van der Waals surface area contributed by atoms with Crippen molar-refractivity contribution in [2.24, 2.45) is 0 Å². The highest BCUT2D eigenvalue weighted by Gasteiger charge is 2.30. The summed E-state index contributed by atoms with van der Waals surface area (Å²) in [5, 5.41) is 16.7. The van der Waals surface area contributed by atoms with Crippen LogP contribution in [0.2, 0.25) is 0 Å². The van der Waals surface area contributed by atoms with Crippen LogP contribution in [0, 0.1) is 0 Å². The van der Waals surface area contributed by atoms with Crippen LogP contribution in [0.25, 0.3) is 11.5 Å². The molecule has 104 valence electrons. The van der Waals surface area contributed by atoms with Gasteiger partial charge in [0.1, 0.15) is 18.7 Å². The Balaban J connectivity index is 1.84. The Bertz CT molecular complexity index is 718. The van der Waals surface area contributed by atoms with E-state index >= 15 is 0 Å². The van der Waals surface area contributed by atoms with E-state index in [4.69, 9.17) is 14.9 Å². The van der Waals surface area contributed by atoms with Crippen LogP contribution < -0.4 is 5.56 Å². The van der Waals surface area contributed by atoms with Gasteiger partial charge in [0.15, 0.2) is 12.1 Å². The summed E-state index contributed by atoms with van der Waals surface area (Å²) in [6.07, 6.45) is 4.59. The topological polar surface area (TPSA) is 116 Å². The van der Waals surface area contributed by atoms with Crippen molar-refractivity contribution in [1.29, 1.82) is 0 Å². The molecule has 3 rings (SSSR count). The summed E-state index contributed by atoms with van der Waals surface area (Å²) >= 11 is 0. The molecule has 20 heavy (non-hydrogen) atoms. The Morgan fingerprint density at radius 3 is 3.10 bits per heavy atom. The van der Waals surface area contributed by atoms with E-state index in [1.54, 1.807) is 17.1 Å². The van der Waals surface area contributed by atoms with Crippen LogP contribution in [0.15, 0.2) is 41.1 Å². The van der Waals surface area contributed by atoms with Crippen molar-refractivity contribution in [1.82, 2.24) is 19.5 Å². The van der Waals surface area contributed by atoms with Crippen LogP contribution in [0.5, 0.6) is 0 Å². The molecule has 0 fully saturated rings. The predicted molar refractivity (Wildman–Crippen MR) is 68.5 cm³/mol. The number of nitrogens with one attached hydrogen (secondary N) is 1. The van der Waals surface area contributed by atoms with Gasteiger partial charge in [-0.15, -0.1) is 0 Å². The number of hydrogen-bond donors (Lipinski definition) is 2. The first-order chi connectivity index (χ1) is 9.67. The highest BCUT2D eigenvalue weighted by Crippen LogP contribution is 2.30. The molecule has 0 amide bonds. The standard InChI is InChI=1S/C12H12N4O4/c17-5-9-8(18)3-11(20-9)16-4-7(14-6-16)12-13-2-1-10(19)15-12/h1-2,4,6,11,17-18H,3,5H2,(H,13,15,19)/p+1/t11-/m1/s1. The molecular formula is C12H13N4O4+. The first kappa shape index (κ1) is 12.4. The number of aliphatic hydroxyl groups excluding tert-OH is 1. The average molecular weight is 277 g/mol. The zero-order valence-corrected chi connectivity index (χ0v) is 10.4. The Morgan fingerprint density at radius 1 is 1.55 bits per heavy atom. The van der Waals surface area contributed by atoms with Crippen molar-refractivity contribution < 1.29 is 14.9 Å². The number of imidazole rings is 1. The molecule has 8 nitrogen and oxygen atoms in total. The normalized spacial score (nSPS) is 18.4. The van der Waals surface area contributed by atoms with Crippen LogP contribution in [0.4, 0.5) is 0 Å². The summed E-state index contributed by atoms with van der Waals surface area (Å²) in [5.74, 6) is 0.922. The molecular weight excluding hydrogens is 264 g/mol. The molecule has 0 spiro atoms. The zero-order valence-electron chi connectivity index (χ0n) is 10.4. The number of rotatable bonds is 3. The summed E-state index contributed by atoms with van der Waals surface area (Å²) in [5.41, 5.74) is 0.259. The van der Waals surface area contributed by atoms with Crippen molar-refractivity contribution in [2.75, 3.05) is 6.61 Å². The van der Waals surface area contributed by atoms with Crippen LogP contribution in [0.3, 0.4) is 0 Å². The van der Waals surface area contributed by atoms with Crippen molar-refractivity contribution >= 4 is 0 Å². The number of aromatic amines is 1. The molecule has 1 atom stereocenters. The molecule has 8 heteroatoms. The Kier molecular flexibility index (Phi) is 2.99. The second-order valence-corrected chi connectivity index (χ2v) is 4.33. The van der Waals surface area contributed by atoms with Crippen LogP contribution in [-0.4, -0.2) is 36.3 Å². The Hall–Kier alpha value is -2.61. The van der Waals surface area contributed by atoms with Gasteiger partial charge in [0.25, 0.3) is 11.3 Å². The van der Waals surface area contributed by atoms with Crippen molar-refractivity contribution in [3.05, 3.63) is 46.7 Å². The molecule has 0 saturated heterocycles. The summed E-state index contributed by atoms with van der Waals surface area (Å²) in [7, 11) is 0. The SMILES string of the molecule is O=c1ccnc(-c2cn([C@H]3CC([OH2+])=C(CO)O3)cn2)[nH]1. The van der Waals surface area contributed by atoms with Gasteiger partial charge in [-0.3, -0.25) is 9.36 Å². The number of ether oxygens (including phenoxy) is 1. The van der Waals surface area contributed by atoms with E-state index in [9.17, 15) is 4.79 Å². The lowest BCUT2D eigenvalue weighted by Crippen LogP contribution is -2.07. The number of aliphatic hydroxyl groups is 1. The van der Waals surface area contributed by atoms with Gasteiger partial charge in [-0.2, -0.15) is 0 Å². The number of nitrogens with zero attached hydrogens (tertiary/aromatic N) is 3. The smallest absolute Gasteiger partial charge is 0.275 e. The molecule has 2 aromatic heterocycles. The summed E-state index contributed by atoms with van der Waals surface area (Å²) in [4.78, 5) is 22.0. The monoisotopic (exact) mass is 277 g/mol. The van der Waals surface area contributed by atoms with E-state index in [1.165, 1.54) is 12.3 Å². The van der Waals surface area contributed by atoms with Gasteiger partial charge in [-0.1, -0.05) is 0 Å². The molecule has 1 aliphatic rings. The lowest BCUT2D eigenvalue weighted by molar-refractivity contribution is 0.0630. The number of hydrogen-bond acceptors (Lipinski definition) is 5. The second kappa shape index (κ2) is 4.82. The number of aromatic nitrogens is 4. The van der Waals surface area contributed by atoms with Gasteiger partial charge in [-0.25, -0.2) is 9.97 Å². The quantitative estimate of drug-likeness (QED) is 0.732. The minimum atomic E-state index is -0.402. The number of H-pyrrole nitrogens is 1. The van der Waals surface area contributed by atoms with E-state index in [2.05, 4.69) is 15.0 Å². The molecule has 0 aliphatic carbocycles. The molecule has 0 saturated carbocycles. The first-order valence-electron chi connectivity index (χ1n) is 5.97. The maximum atomic E-state index is 11.2. The maximum Gasteiger partial charge on any atom is 0.275 e. The predicted octanol–water partition coefficient (Wildman–Crippen LogP) is -0.519. The summed E-state index contributed by atoms with van der Waals surface area (Å²) in [6, 6.07) is 1.32. The highest BCUT2D eigenvalue weighted by molar-refractivity contribution is 5.46. The van der Waals surface area contributed by atoms with Crippen molar-refractivity contribution in [2.45, 2.75) is 12.6 Å². The van der Waals surface area contributed by atoms with Gasteiger partial charge >= 0.3 is 0 Å². The van der Waals surface area contributed by atoms with Gasteiger partial charge in [0.2, 0.25) is 5.76 Å². The first-order valence-corrected chi connectivity index (χ1v) is 5.97. The molecule has 2 aromatic rings. The second-order valence-electron chi connectivity index (χ2n) is 4.33. The lowest BCUT2D eigenvalue weighted by Gasteiger charge is -2.11. The summed E-state index contributed by atoms with van der Waals surface area (Å²) in [6.45, 7) is -0.287. The van der Waals surface area contributed by atoms with Crippen LogP contribution >= 0.6 is 0 Å². The molecule has 0 aromatic carbocycles. The minimum Gasteiger partial charge on any atom is -0.594 e. The third kappa shape index (κ3) is 2.16. The zero-order chi connectivity index (χ0) is 14.1. The molecule has 0 radical (unpaired) electrons. The van der Waals surface area contributed by atoms with Gasteiger partial charge < -0.3 is 19.9 Å². The fraction of sp³-hybridized carbons (Fsp3) is 0.250. The van der Waals surface area contributed by atoms with Gasteiger partial charge in [-0.05, 0) is 0 Å². The third-order valence-electron chi connectivity index (χ3n) is 2.99. The average Bonchev–Trinajstić information content (AvgIpc) is 3.05. The minimum absolute atomic E-state index is 0.251. The Labute approximate surface area is 113 Å². The third-order valence-corrected chi connectivity index (χ3v) is 2.99. The van der Waals surface area contributed by atoms with Crippen molar-refractivity contribution in [3.8, 4) is 11.5 Å². The highest BCUT2D eigenvalue weighted by atomic mass is 16.5. The summed E-state index contributed by atoms with van der Waals surface area (Å²) < 4.78 is 7.13. The van der Waals surface area contributed by atoms with E-state index in [0.29, 0.717) is 17.9 Å². The van der Waals surface area contributed by atoms with E-state index in [1.807, 2.05) is 0 Å². The van der Waals surface area contributed by atoms with Crippen LogP contribution in [0.1, 0.15) is 12.6 Å². The molecule has 0 unspecified atom stereocenters. The largest absolute Gasteiger partial charge is 0.594 e.